The monoisotopic (exact) mass is 362 g/mol. The predicted octanol–water partition coefficient (Wildman–Crippen LogP) is 2.35. The van der Waals surface area contributed by atoms with Gasteiger partial charge in [0, 0.05) is 30.7 Å². The van der Waals surface area contributed by atoms with Crippen LogP contribution in [0.1, 0.15) is 44.0 Å². The van der Waals surface area contributed by atoms with E-state index in [1.165, 1.54) is 19.3 Å². The van der Waals surface area contributed by atoms with E-state index in [2.05, 4.69) is 27.0 Å². The van der Waals surface area contributed by atoms with Crippen LogP contribution in [0.2, 0.25) is 0 Å². The minimum atomic E-state index is 0.319. The lowest BCUT2D eigenvalue weighted by Gasteiger charge is -2.33. The van der Waals surface area contributed by atoms with Gasteiger partial charge in [-0.1, -0.05) is 6.92 Å². The van der Waals surface area contributed by atoms with E-state index in [1.54, 1.807) is 11.3 Å². The van der Waals surface area contributed by atoms with Crippen LogP contribution < -0.4 is 5.32 Å². The molecule has 1 saturated carbocycles. The second kappa shape index (κ2) is 7.33. The second-order valence-corrected chi connectivity index (χ2v) is 9.21. The fourth-order valence-corrected chi connectivity index (χ4v) is 5.26. The van der Waals surface area contributed by atoms with Crippen molar-refractivity contribution < 1.29 is 4.79 Å². The molecule has 1 atom stereocenters. The molecule has 3 aliphatic rings. The summed E-state index contributed by atoms with van der Waals surface area (Å²) in [6, 6.07) is 0.561. The van der Waals surface area contributed by atoms with Crippen LogP contribution in [0.15, 0.2) is 11.6 Å². The largest absolute Gasteiger partial charge is 0.342 e. The lowest BCUT2D eigenvalue weighted by molar-refractivity contribution is -0.134. The van der Waals surface area contributed by atoms with Gasteiger partial charge in [-0.2, -0.15) is 0 Å². The van der Waals surface area contributed by atoms with Crippen LogP contribution in [0.3, 0.4) is 0 Å². The Bertz CT molecular complexity index is 576. The molecule has 6 heteroatoms. The molecule has 1 aliphatic carbocycles. The Morgan fingerprint density at radius 2 is 2.16 bits per heavy atom. The van der Waals surface area contributed by atoms with E-state index in [9.17, 15) is 4.79 Å². The van der Waals surface area contributed by atoms with Crippen LogP contribution in [0.5, 0.6) is 0 Å². The molecule has 0 unspecified atom stereocenters. The van der Waals surface area contributed by atoms with Gasteiger partial charge in [-0.3, -0.25) is 9.69 Å². The van der Waals surface area contributed by atoms with Gasteiger partial charge >= 0.3 is 0 Å². The Kier molecular flexibility index (Phi) is 5.11. The lowest BCUT2D eigenvalue weighted by Crippen LogP contribution is -2.45. The zero-order valence-electron chi connectivity index (χ0n) is 15.2. The highest BCUT2D eigenvalue weighted by Crippen LogP contribution is 2.56. The SMILES string of the molecule is CC1CCN(C(=O)CN(Cc2nccs2)[C@@H]2CC23CCNCC3)CC1. The number of likely N-dealkylation sites (tertiary alicyclic amines) is 1. The molecule has 0 aromatic carbocycles. The number of nitrogens with one attached hydrogen (secondary N) is 1. The molecule has 1 N–H and O–H groups in total. The average molecular weight is 363 g/mol. The molecule has 0 bridgehead atoms. The highest BCUT2D eigenvalue weighted by atomic mass is 32.1. The van der Waals surface area contributed by atoms with Gasteiger partial charge in [0.25, 0.3) is 0 Å². The van der Waals surface area contributed by atoms with Gasteiger partial charge in [-0.25, -0.2) is 4.98 Å². The number of hydrogen-bond donors (Lipinski definition) is 1. The van der Waals surface area contributed by atoms with Crippen molar-refractivity contribution in [3.05, 3.63) is 16.6 Å². The molecule has 1 spiro atoms. The molecule has 2 saturated heterocycles. The van der Waals surface area contributed by atoms with Gasteiger partial charge in [-0.05, 0) is 56.5 Å². The smallest absolute Gasteiger partial charge is 0.236 e. The summed E-state index contributed by atoms with van der Waals surface area (Å²) in [6.07, 6.45) is 7.93. The Balaban J connectivity index is 1.41. The normalized spacial score (nSPS) is 26.3. The van der Waals surface area contributed by atoms with E-state index >= 15 is 0 Å². The van der Waals surface area contributed by atoms with Crippen LogP contribution in [-0.4, -0.2) is 59.5 Å². The number of hydrogen-bond acceptors (Lipinski definition) is 5. The summed E-state index contributed by atoms with van der Waals surface area (Å²) in [7, 11) is 0. The molecule has 2 aliphatic heterocycles. The maximum absolute atomic E-state index is 12.9. The van der Waals surface area contributed by atoms with Crippen molar-refractivity contribution in [2.75, 3.05) is 32.7 Å². The third kappa shape index (κ3) is 3.91. The van der Waals surface area contributed by atoms with E-state index in [1.807, 2.05) is 11.6 Å². The first-order chi connectivity index (χ1) is 12.2. The third-order valence-corrected chi connectivity index (χ3v) is 7.25. The molecule has 3 fully saturated rings. The molecule has 3 heterocycles. The van der Waals surface area contributed by atoms with Crippen molar-refractivity contribution in [1.29, 1.82) is 0 Å². The van der Waals surface area contributed by atoms with Gasteiger partial charge in [0.2, 0.25) is 5.91 Å². The topological polar surface area (TPSA) is 48.5 Å². The summed E-state index contributed by atoms with van der Waals surface area (Å²) in [5.41, 5.74) is 0.458. The summed E-state index contributed by atoms with van der Waals surface area (Å²) >= 11 is 1.70. The van der Waals surface area contributed by atoms with Gasteiger partial charge in [0.1, 0.15) is 5.01 Å². The number of thiazole rings is 1. The van der Waals surface area contributed by atoms with Gasteiger partial charge in [0.15, 0.2) is 0 Å². The van der Waals surface area contributed by atoms with Crippen molar-refractivity contribution in [2.24, 2.45) is 11.3 Å². The summed E-state index contributed by atoms with van der Waals surface area (Å²) in [4.78, 5) is 21.9. The van der Waals surface area contributed by atoms with E-state index < -0.39 is 0 Å². The molecule has 1 aromatic heterocycles. The van der Waals surface area contributed by atoms with Crippen molar-refractivity contribution >= 4 is 17.2 Å². The molecule has 1 aromatic rings. The Morgan fingerprint density at radius 3 is 2.84 bits per heavy atom. The minimum Gasteiger partial charge on any atom is -0.342 e. The molecule has 0 radical (unpaired) electrons. The van der Waals surface area contributed by atoms with Crippen LogP contribution in [0.4, 0.5) is 0 Å². The summed E-state index contributed by atoms with van der Waals surface area (Å²) in [6.45, 7) is 7.80. The van der Waals surface area contributed by atoms with Crippen molar-refractivity contribution in [1.82, 2.24) is 20.1 Å². The molecule has 138 valence electrons. The molecule has 1 amide bonds. The first-order valence-corrected chi connectivity index (χ1v) is 10.7. The highest BCUT2D eigenvalue weighted by Gasteiger charge is 2.56. The van der Waals surface area contributed by atoms with Crippen molar-refractivity contribution in [3.8, 4) is 0 Å². The van der Waals surface area contributed by atoms with Crippen LogP contribution in [0, 0.1) is 11.3 Å². The number of rotatable bonds is 5. The van der Waals surface area contributed by atoms with Gasteiger partial charge in [0.05, 0.1) is 13.1 Å². The maximum Gasteiger partial charge on any atom is 0.236 e. The number of piperidine rings is 2. The minimum absolute atomic E-state index is 0.319. The fourth-order valence-electron chi connectivity index (χ4n) is 4.62. The molecule has 25 heavy (non-hydrogen) atoms. The van der Waals surface area contributed by atoms with Crippen LogP contribution >= 0.6 is 11.3 Å². The first-order valence-electron chi connectivity index (χ1n) is 9.77. The van der Waals surface area contributed by atoms with E-state index in [-0.39, 0.29) is 0 Å². The quantitative estimate of drug-likeness (QED) is 0.873. The van der Waals surface area contributed by atoms with Crippen molar-refractivity contribution in [3.63, 3.8) is 0 Å². The molecule has 5 nitrogen and oxygen atoms in total. The van der Waals surface area contributed by atoms with Gasteiger partial charge < -0.3 is 10.2 Å². The van der Waals surface area contributed by atoms with Crippen LogP contribution in [-0.2, 0) is 11.3 Å². The molecule has 4 rings (SSSR count). The number of carbonyl (C=O) groups excluding carboxylic acids is 1. The predicted molar refractivity (Wildman–Crippen MR) is 100 cm³/mol. The third-order valence-electron chi connectivity index (χ3n) is 6.48. The standard InChI is InChI=1S/C19H30N4OS/c1-15-2-9-22(10-3-15)18(24)14-23(13-17-21-8-11-25-17)16-12-19(16)4-6-20-7-5-19/h8,11,15-16,20H,2-7,9-10,12-14H2,1H3/t16-/m1/s1. The summed E-state index contributed by atoms with van der Waals surface area (Å²) < 4.78 is 0. The number of carbonyl (C=O) groups is 1. The highest BCUT2D eigenvalue weighted by molar-refractivity contribution is 7.09. The van der Waals surface area contributed by atoms with E-state index in [4.69, 9.17) is 0 Å². The summed E-state index contributed by atoms with van der Waals surface area (Å²) in [5.74, 6) is 1.08. The summed E-state index contributed by atoms with van der Waals surface area (Å²) in [5, 5.41) is 6.65. The van der Waals surface area contributed by atoms with Crippen molar-refractivity contribution in [2.45, 2.75) is 51.6 Å². The maximum atomic E-state index is 12.9. The van der Waals surface area contributed by atoms with E-state index in [0.29, 0.717) is 23.9 Å². The molecular weight excluding hydrogens is 332 g/mol. The van der Waals surface area contributed by atoms with E-state index in [0.717, 1.165) is 56.5 Å². The number of aromatic nitrogens is 1. The molecular formula is C19H30N4OS. The Morgan fingerprint density at radius 1 is 1.40 bits per heavy atom. The fraction of sp³-hybridized carbons (Fsp3) is 0.789. The number of amides is 1. The Labute approximate surface area is 154 Å². The zero-order chi connectivity index (χ0) is 17.3. The number of nitrogens with zero attached hydrogens (tertiary/aromatic N) is 3. The van der Waals surface area contributed by atoms with Crippen LogP contribution in [0.25, 0.3) is 0 Å². The lowest BCUT2D eigenvalue weighted by atomic mass is 9.93. The Hall–Kier alpha value is -0.980. The second-order valence-electron chi connectivity index (χ2n) is 8.23. The van der Waals surface area contributed by atoms with Gasteiger partial charge in [-0.15, -0.1) is 11.3 Å². The average Bonchev–Trinajstić information content (AvgIpc) is 3.05. The zero-order valence-corrected chi connectivity index (χ0v) is 16.1. The first kappa shape index (κ1) is 17.4.